The van der Waals surface area contributed by atoms with Gasteiger partial charge in [0.1, 0.15) is 11.5 Å². The van der Waals surface area contributed by atoms with Gasteiger partial charge in [-0.3, -0.25) is 9.80 Å². The maximum absolute atomic E-state index is 7.13. The lowest BCUT2D eigenvalue weighted by Gasteiger charge is -2.33. The Morgan fingerprint density at radius 1 is 0.468 bits per heavy atom. The Morgan fingerprint density at radius 2 is 0.809 bits per heavy atom. The molecule has 0 aliphatic heterocycles. The van der Waals surface area contributed by atoms with Crippen molar-refractivity contribution in [3.8, 4) is 11.5 Å². The van der Waals surface area contributed by atoms with Gasteiger partial charge in [0.25, 0.3) is 0 Å². The average molecular weight is 633 g/mol. The standard InChI is InChI=1S/C44H60N2O/c1-31(2)45(32(3)4)27-25-39(37-17-13-11-14-18-37)41-29-35(9)21-23-43(41)47-44-24-22-36(10)30-42(44)40(38-19-15-12-16-20-38)26-28-46(33(5)6)34(7)8/h11-24,29-34,39-40H,25-28H2,1-10H3. The van der Waals surface area contributed by atoms with Crippen molar-refractivity contribution in [3.63, 3.8) is 0 Å². The average Bonchev–Trinajstić information content (AvgIpc) is 3.03. The van der Waals surface area contributed by atoms with Crippen LogP contribution in [0.5, 0.6) is 11.5 Å². The van der Waals surface area contributed by atoms with Crippen molar-refractivity contribution >= 4 is 0 Å². The second-order valence-electron chi connectivity index (χ2n) is 14.5. The van der Waals surface area contributed by atoms with E-state index < -0.39 is 0 Å². The molecule has 0 saturated heterocycles. The summed E-state index contributed by atoms with van der Waals surface area (Å²) in [5, 5.41) is 0. The van der Waals surface area contributed by atoms with E-state index >= 15 is 0 Å². The summed E-state index contributed by atoms with van der Waals surface area (Å²) < 4.78 is 7.13. The van der Waals surface area contributed by atoms with E-state index in [1.165, 1.54) is 33.4 Å². The van der Waals surface area contributed by atoms with E-state index in [2.05, 4.69) is 176 Å². The van der Waals surface area contributed by atoms with Crippen LogP contribution in [-0.4, -0.2) is 47.1 Å². The first-order valence-electron chi connectivity index (χ1n) is 18.0. The van der Waals surface area contributed by atoms with Crippen LogP contribution in [0.25, 0.3) is 0 Å². The number of hydrogen-bond acceptors (Lipinski definition) is 3. The Kier molecular flexibility index (Phi) is 13.3. The highest BCUT2D eigenvalue weighted by Gasteiger charge is 2.25. The van der Waals surface area contributed by atoms with Crippen LogP contribution in [0, 0.1) is 13.8 Å². The topological polar surface area (TPSA) is 15.7 Å². The number of nitrogens with zero attached hydrogens (tertiary/aromatic N) is 2. The Hall–Kier alpha value is -3.40. The van der Waals surface area contributed by atoms with E-state index in [0.717, 1.165) is 37.4 Å². The zero-order chi connectivity index (χ0) is 34.1. The second kappa shape index (κ2) is 17.1. The summed E-state index contributed by atoms with van der Waals surface area (Å²) in [6.07, 6.45) is 2.04. The summed E-state index contributed by atoms with van der Waals surface area (Å²) in [5.41, 5.74) is 7.71. The molecule has 0 aromatic heterocycles. The molecule has 0 amide bonds. The molecule has 0 saturated carbocycles. The molecule has 3 heteroatoms. The summed E-state index contributed by atoms with van der Waals surface area (Å²) in [7, 11) is 0. The molecule has 0 bridgehead atoms. The van der Waals surface area contributed by atoms with Gasteiger partial charge >= 0.3 is 0 Å². The molecule has 2 unspecified atom stereocenters. The molecule has 0 fully saturated rings. The Balaban J connectivity index is 1.78. The van der Waals surface area contributed by atoms with E-state index in [0.29, 0.717) is 24.2 Å². The molecular weight excluding hydrogens is 572 g/mol. The third-order valence-electron chi connectivity index (χ3n) is 9.71. The first-order chi connectivity index (χ1) is 22.5. The third-order valence-corrected chi connectivity index (χ3v) is 9.71. The van der Waals surface area contributed by atoms with Crippen molar-refractivity contribution in [1.82, 2.24) is 9.80 Å². The Bertz CT molecular complexity index is 1380. The van der Waals surface area contributed by atoms with Gasteiger partial charge in [0.15, 0.2) is 0 Å². The highest BCUT2D eigenvalue weighted by atomic mass is 16.5. The molecule has 3 nitrogen and oxygen atoms in total. The summed E-state index contributed by atoms with van der Waals surface area (Å²) in [5.74, 6) is 2.34. The summed E-state index contributed by atoms with van der Waals surface area (Å²) >= 11 is 0. The SMILES string of the molecule is Cc1ccc(Oc2ccc(C)cc2C(CCN(C(C)C)C(C)C)c2ccccc2)c(C(CCN(C(C)C)C(C)C)c2ccccc2)c1. The first-order valence-corrected chi connectivity index (χ1v) is 18.0. The molecule has 2 atom stereocenters. The molecule has 4 rings (SSSR count). The van der Waals surface area contributed by atoms with Gasteiger partial charge in [-0.2, -0.15) is 0 Å². The Morgan fingerprint density at radius 3 is 1.13 bits per heavy atom. The van der Waals surface area contributed by atoms with Crippen molar-refractivity contribution in [2.45, 2.75) is 118 Å². The highest BCUT2D eigenvalue weighted by molar-refractivity contribution is 5.50. The molecule has 0 heterocycles. The number of hydrogen-bond donors (Lipinski definition) is 0. The minimum Gasteiger partial charge on any atom is -0.457 e. The molecule has 0 spiro atoms. The first kappa shape index (κ1) is 36.4. The van der Waals surface area contributed by atoms with Gasteiger partial charge in [-0.25, -0.2) is 0 Å². The number of aryl methyl sites for hydroxylation is 2. The molecule has 47 heavy (non-hydrogen) atoms. The normalized spacial score (nSPS) is 13.4. The van der Waals surface area contributed by atoms with Crippen molar-refractivity contribution in [2.75, 3.05) is 13.1 Å². The van der Waals surface area contributed by atoms with E-state index in [4.69, 9.17) is 4.74 Å². The quantitative estimate of drug-likeness (QED) is 0.122. The van der Waals surface area contributed by atoms with Crippen LogP contribution in [-0.2, 0) is 0 Å². The lowest BCUT2D eigenvalue weighted by molar-refractivity contribution is 0.170. The molecule has 0 radical (unpaired) electrons. The zero-order valence-corrected chi connectivity index (χ0v) is 30.8. The maximum Gasteiger partial charge on any atom is 0.131 e. The van der Waals surface area contributed by atoms with Crippen LogP contribution in [0.2, 0.25) is 0 Å². The number of rotatable bonds is 16. The molecule has 0 N–H and O–H groups in total. The van der Waals surface area contributed by atoms with Gasteiger partial charge in [0, 0.05) is 47.1 Å². The fourth-order valence-corrected chi connectivity index (χ4v) is 7.34. The fraction of sp³-hybridized carbons (Fsp3) is 0.455. The van der Waals surface area contributed by atoms with Gasteiger partial charge < -0.3 is 4.74 Å². The third kappa shape index (κ3) is 9.81. The lowest BCUT2D eigenvalue weighted by Crippen LogP contribution is -2.38. The van der Waals surface area contributed by atoms with E-state index in [1.54, 1.807) is 0 Å². The van der Waals surface area contributed by atoms with Crippen LogP contribution in [0.4, 0.5) is 0 Å². The zero-order valence-electron chi connectivity index (χ0n) is 30.8. The van der Waals surface area contributed by atoms with Crippen LogP contribution in [0.15, 0.2) is 97.1 Å². The minimum atomic E-state index is 0.218. The highest BCUT2D eigenvalue weighted by Crippen LogP contribution is 2.42. The van der Waals surface area contributed by atoms with Crippen LogP contribution < -0.4 is 4.74 Å². The fourth-order valence-electron chi connectivity index (χ4n) is 7.34. The summed E-state index contributed by atoms with van der Waals surface area (Å²) in [6.45, 7) is 24.9. The van der Waals surface area contributed by atoms with E-state index in [-0.39, 0.29) is 11.8 Å². The van der Waals surface area contributed by atoms with Crippen LogP contribution in [0.3, 0.4) is 0 Å². The van der Waals surface area contributed by atoms with Crippen molar-refractivity contribution < 1.29 is 4.74 Å². The predicted molar refractivity (Wildman–Crippen MR) is 202 cm³/mol. The van der Waals surface area contributed by atoms with Gasteiger partial charge in [0.05, 0.1) is 0 Å². The van der Waals surface area contributed by atoms with Crippen molar-refractivity contribution in [1.29, 1.82) is 0 Å². The number of ether oxygens (including phenoxy) is 1. The second-order valence-corrected chi connectivity index (χ2v) is 14.5. The lowest BCUT2D eigenvalue weighted by atomic mass is 9.86. The van der Waals surface area contributed by atoms with Crippen LogP contribution in [0.1, 0.15) is 113 Å². The molecule has 0 aliphatic carbocycles. The van der Waals surface area contributed by atoms with E-state index in [1.807, 2.05) is 0 Å². The van der Waals surface area contributed by atoms with E-state index in [9.17, 15) is 0 Å². The molecular formula is C44H60N2O. The largest absolute Gasteiger partial charge is 0.457 e. The van der Waals surface area contributed by atoms with Gasteiger partial charge in [-0.05, 0) is 118 Å². The maximum atomic E-state index is 7.13. The van der Waals surface area contributed by atoms with Crippen molar-refractivity contribution in [3.05, 3.63) is 130 Å². The summed E-state index contributed by atoms with van der Waals surface area (Å²) in [6, 6.07) is 37.5. The minimum absolute atomic E-state index is 0.218. The molecule has 4 aromatic rings. The molecule has 252 valence electrons. The van der Waals surface area contributed by atoms with Crippen molar-refractivity contribution in [2.24, 2.45) is 0 Å². The monoisotopic (exact) mass is 632 g/mol. The van der Waals surface area contributed by atoms with Gasteiger partial charge in [0.2, 0.25) is 0 Å². The molecule has 0 aliphatic rings. The van der Waals surface area contributed by atoms with Gasteiger partial charge in [-0.15, -0.1) is 0 Å². The Labute approximate surface area is 287 Å². The number of benzene rings is 4. The van der Waals surface area contributed by atoms with Gasteiger partial charge in [-0.1, -0.05) is 96.1 Å². The summed E-state index contributed by atoms with van der Waals surface area (Å²) in [4.78, 5) is 5.21. The predicted octanol–water partition coefficient (Wildman–Crippen LogP) is 11.4. The van der Waals surface area contributed by atoms with Crippen LogP contribution >= 0.6 is 0 Å². The molecule has 4 aromatic carbocycles. The smallest absolute Gasteiger partial charge is 0.131 e.